The highest BCUT2D eigenvalue weighted by Gasteiger charge is 1.03. The Bertz CT molecular complexity index is 0. The summed E-state index contributed by atoms with van der Waals surface area (Å²) >= 11 is 0. The Labute approximate surface area is 716 Å². The van der Waals surface area contributed by atoms with E-state index in [1.54, 1.807) is 0 Å². The van der Waals surface area contributed by atoms with Gasteiger partial charge in [-0.05, 0) is 0 Å². The summed E-state index contributed by atoms with van der Waals surface area (Å²) in [7, 11) is 0. The van der Waals surface area contributed by atoms with Crippen molar-refractivity contribution in [3.8, 4) is 0 Å². The predicted octanol–water partition coefficient (Wildman–Crippen LogP) is 53.4. The molecular weight excluding hydrogens is 1250 g/mol. The average Bonchev–Trinajstić information content (AvgIpc) is 3.90. The first-order chi connectivity index (χ1) is 52.0. The molecule has 0 aromatic rings. The van der Waals surface area contributed by atoms with Crippen LogP contribution in [0.15, 0.2) is 0 Å². The van der Waals surface area contributed by atoms with Gasteiger partial charge in [-0.25, -0.2) is 0 Å². The van der Waals surface area contributed by atoms with Gasteiger partial charge < -0.3 is 0 Å². The summed E-state index contributed by atoms with van der Waals surface area (Å²) in [5, 5.41) is 0. The molecular formula is C104H312. The lowest BCUT2D eigenvalue weighted by molar-refractivity contribution is 1.50. The van der Waals surface area contributed by atoms with Gasteiger partial charge in [0.1, 0.15) is 0 Å². The molecule has 0 unspecified atom stereocenters. The molecule has 0 aliphatic rings. The Hall–Kier alpha value is 0. The van der Waals surface area contributed by atoms with Crippen molar-refractivity contribution in [2.45, 2.75) is 720 Å². The summed E-state index contributed by atoms with van der Waals surface area (Å²) in [5.74, 6) is 0. The first kappa shape index (κ1) is 408. The van der Waals surface area contributed by atoms with Gasteiger partial charge in [0.25, 0.3) is 0 Å². The van der Waals surface area contributed by atoms with Crippen LogP contribution in [0.3, 0.4) is 0 Å². The molecule has 0 atom stereocenters. The predicted molar refractivity (Wildman–Crippen MR) is 590 cm³/mol. The number of hydrogen-bond donors (Lipinski definition) is 0. The maximum Gasteiger partial charge on any atom is -0.0683 e. The van der Waals surface area contributed by atoms with E-state index in [1.807, 2.05) is 720 Å². The Kier molecular flexibility index (Phi) is 0. The molecule has 0 aromatic heterocycles. The van der Waals surface area contributed by atoms with Crippen LogP contribution in [-0.4, -0.2) is 0 Å². The van der Waals surface area contributed by atoms with Crippen LogP contribution in [0.1, 0.15) is 720 Å². The van der Waals surface area contributed by atoms with E-state index in [-0.39, 0.29) is 0 Å². The average molecular weight is 1560 g/mol. The molecule has 0 N–H and O–H groups in total. The first-order valence-corrected chi connectivity index (χ1v) is 52.0. The molecule has 0 amide bonds. The van der Waals surface area contributed by atoms with Gasteiger partial charge in [0.15, 0.2) is 0 Å². The van der Waals surface area contributed by atoms with Gasteiger partial charge >= 0.3 is 0 Å². The van der Waals surface area contributed by atoms with E-state index in [4.69, 9.17) is 0 Å². The van der Waals surface area contributed by atoms with E-state index >= 15 is 0 Å². The third-order valence-electron chi connectivity index (χ3n) is 0. The maximum absolute atomic E-state index is 2.00. The number of hydrogen-bond acceptors (Lipinski definition) is 0. The summed E-state index contributed by atoms with van der Waals surface area (Å²) in [6.07, 6.45) is 0. The molecule has 0 saturated heterocycles. The second-order valence-corrected chi connectivity index (χ2v) is 0. The standard InChI is InChI=1S/52C2H6/c52*1-2/h52*1-2H3. The van der Waals surface area contributed by atoms with Crippen LogP contribution < -0.4 is 0 Å². The topological polar surface area (TPSA) is 0 Å². The van der Waals surface area contributed by atoms with E-state index in [0.29, 0.717) is 0 Å². The Morgan fingerprint density at radius 1 is 0.0192 bits per heavy atom. The molecule has 728 valence electrons. The SMILES string of the molecule is CC.CC.CC.CC.CC.CC.CC.CC.CC.CC.CC.CC.CC.CC.CC.CC.CC.CC.CC.CC.CC.CC.CC.CC.CC.CC.CC.CC.CC.CC.CC.CC.CC.CC.CC.CC.CC.CC.CC.CC.CC.CC.CC.CC.CC.CC.CC.CC.CC.CC.CC.CC. The molecule has 104 heavy (non-hydrogen) atoms. The molecule has 0 aliphatic heterocycles. The lowest BCUT2D eigenvalue weighted by atomic mass is 11.0. The van der Waals surface area contributed by atoms with Crippen LogP contribution in [0.4, 0.5) is 0 Å². The number of rotatable bonds is 0. The molecule has 0 spiro atoms. The van der Waals surface area contributed by atoms with Gasteiger partial charge in [-0.15, -0.1) is 0 Å². The molecule has 0 fully saturated rings. The van der Waals surface area contributed by atoms with Gasteiger partial charge in [-0.3, -0.25) is 0 Å². The third kappa shape index (κ3) is 0. The van der Waals surface area contributed by atoms with Gasteiger partial charge in [0, 0.05) is 0 Å². The Balaban J connectivity index is -0.00000000530. The van der Waals surface area contributed by atoms with Crippen molar-refractivity contribution in [3.63, 3.8) is 0 Å². The summed E-state index contributed by atoms with van der Waals surface area (Å²) in [4.78, 5) is 0. The second-order valence-electron chi connectivity index (χ2n) is 0. The molecule has 0 bridgehead atoms. The van der Waals surface area contributed by atoms with Crippen LogP contribution in [0.5, 0.6) is 0 Å². The van der Waals surface area contributed by atoms with E-state index in [2.05, 4.69) is 0 Å². The largest absolute Gasteiger partial charge is 0.0683 e. The molecule has 0 aliphatic carbocycles. The minimum Gasteiger partial charge on any atom is -0.0683 e. The minimum absolute atomic E-state index is 2.00. The Morgan fingerprint density at radius 3 is 0.0192 bits per heavy atom. The lowest BCUT2D eigenvalue weighted by Gasteiger charge is -1.07. The quantitative estimate of drug-likeness (QED) is 0.227. The van der Waals surface area contributed by atoms with E-state index in [0.717, 1.165) is 0 Å². The van der Waals surface area contributed by atoms with E-state index < -0.39 is 0 Å². The summed E-state index contributed by atoms with van der Waals surface area (Å²) in [6.45, 7) is 208. The van der Waals surface area contributed by atoms with E-state index in [9.17, 15) is 0 Å². The van der Waals surface area contributed by atoms with Gasteiger partial charge in [0.05, 0.1) is 0 Å². The van der Waals surface area contributed by atoms with Crippen molar-refractivity contribution >= 4 is 0 Å². The van der Waals surface area contributed by atoms with Crippen LogP contribution in [-0.2, 0) is 0 Å². The maximum atomic E-state index is 2.00. The zero-order chi connectivity index (χ0) is 104. The third-order valence-corrected chi connectivity index (χ3v) is 0. The van der Waals surface area contributed by atoms with Crippen molar-refractivity contribution in [2.75, 3.05) is 0 Å². The van der Waals surface area contributed by atoms with Crippen LogP contribution in [0.2, 0.25) is 0 Å². The van der Waals surface area contributed by atoms with Crippen LogP contribution >= 0.6 is 0 Å². The fourth-order valence-corrected chi connectivity index (χ4v) is 0. The molecule has 0 heteroatoms. The summed E-state index contributed by atoms with van der Waals surface area (Å²) in [6, 6.07) is 0. The Morgan fingerprint density at radius 2 is 0.0192 bits per heavy atom. The highest BCUT2D eigenvalue weighted by Crippen LogP contribution is 1.25. The normalized spacial score (nSPS) is 3.00. The van der Waals surface area contributed by atoms with Gasteiger partial charge in [0.2, 0.25) is 0 Å². The minimum atomic E-state index is 2.00. The van der Waals surface area contributed by atoms with Crippen molar-refractivity contribution < 1.29 is 0 Å². The molecule has 0 heterocycles. The monoisotopic (exact) mass is 1560 g/mol. The fraction of sp³-hybridized carbons (Fsp3) is 1.00. The lowest BCUT2D eigenvalue weighted by Crippen LogP contribution is -0.856. The van der Waals surface area contributed by atoms with Gasteiger partial charge in [-0.1, -0.05) is 720 Å². The van der Waals surface area contributed by atoms with Crippen molar-refractivity contribution in [1.82, 2.24) is 0 Å². The van der Waals surface area contributed by atoms with Crippen LogP contribution in [0.25, 0.3) is 0 Å². The zero-order valence-electron chi connectivity index (χ0n) is 104. The molecule has 0 aromatic carbocycles. The van der Waals surface area contributed by atoms with Crippen molar-refractivity contribution in [2.24, 2.45) is 0 Å². The second kappa shape index (κ2) is 0. The zero-order valence-corrected chi connectivity index (χ0v) is 104. The van der Waals surface area contributed by atoms with E-state index in [1.165, 1.54) is 0 Å². The highest BCUT2D eigenvalue weighted by molar-refractivity contribution is 3.61. The summed E-state index contributed by atoms with van der Waals surface area (Å²) < 4.78 is 0. The van der Waals surface area contributed by atoms with Crippen molar-refractivity contribution in [3.05, 3.63) is 0 Å². The molecule has 0 radical (unpaired) electrons. The molecule has 0 nitrogen and oxygen atoms in total. The fourth-order valence-electron chi connectivity index (χ4n) is 0. The smallest absolute Gasteiger partial charge is 0.0683 e. The van der Waals surface area contributed by atoms with Crippen molar-refractivity contribution in [1.29, 1.82) is 0 Å². The summed E-state index contributed by atoms with van der Waals surface area (Å²) in [5.41, 5.74) is 0. The van der Waals surface area contributed by atoms with Gasteiger partial charge in [-0.2, -0.15) is 0 Å². The first-order valence-electron chi connectivity index (χ1n) is 52.0. The molecule has 0 rings (SSSR count). The highest BCUT2D eigenvalue weighted by atomic mass is 13.1. The molecule has 0 saturated carbocycles. The van der Waals surface area contributed by atoms with Crippen LogP contribution in [0, 0.1) is 0 Å².